The quantitative estimate of drug-likeness (QED) is 0.158. The van der Waals surface area contributed by atoms with Crippen LogP contribution < -0.4 is 29.3 Å². The number of carbonyl (C=O) groups excluding carboxylic acids is 1. The minimum Gasteiger partial charge on any atom is -0.497 e. The highest BCUT2D eigenvalue weighted by Gasteiger charge is 2.44. The molecular formula is C41H36N6O4. The number of nitrogens with zero attached hydrogens (tertiary/aromatic N) is 5. The van der Waals surface area contributed by atoms with E-state index in [1.165, 1.54) is 5.56 Å². The topological polar surface area (TPSA) is 93.4 Å². The normalized spacial score (nSPS) is 14.3. The van der Waals surface area contributed by atoms with Gasteiger partial charge in [0.05, 0.1) is 49.6 Å². The van der Waals surface area contributed by atoms with Gasteiger partial charge in [-0.2, -0.15) is 10.1 Å². The van der Waals surface area contributed by atoms with E-state index in [1.54, 1.807) is 38.5 Å². The fourth-order valence-electron chi connectivity index (χ4n) is 6.76. The fraction of sp³-hybridized carbons (Fsp3) is 0.146. The zero-order valence-corrected chi connectivity index (χ0v) is 28.5. The molecule has 0 bridgehead atoms. The number of rotatable bonds is 10. The molecule has 10 heteroatoms. The number of hydrogen-bond acceptors (Lipinski definition) is 8. The number of aryl methyl sites for hydroxylation is 1. The zero-order valence-electron chi connectivity index (χ0n) is 28.5. The van der Waals surface area contributed by atoms with Gasteiger partial charge in [0.2, 0.25) is 5.96 Å². The average Bonchev–Trinajstić information content (AvgIpc) is 3.68. The maximum atomic E-state index is 12.8. The monoisotopic (exact) mass is 676 g/mol. The first-order chi connectivity index (χ1) is 25.0. The van der Waals surface area contributed by atoms with Crippen molar-refractivity contribution in [2.45, 2.75) is 19.5 Å². The van der Waals surface area contributed by atoms with Crippen LogP contribution in [0.1, 0.15) is 28.4 Å². The first-order valence-electron chi connectivity index (χ1n) is 16.7. The second-order valence-electron chi connectivity index (χ2n) is 12.3. The van der Waals surface area contributed by atoms with Crippen molar-refractivity contribution in [3.8, 4) is 22.9 Å². The Morgan fingerprint density at radius 2 is 1.49 bits per heavy atom. The molecule has 1 N–H and O–H groups in total. The minimum absolute atomic E-state index is 0.191. The predicted molar refractivity (Wildman–Crippen MR) is 199 cm³/mol. The molecule has 0 unspecified atom stereocenters. The zero-order chi connectivity index (χ0) is 34.9. The molecule has 5 aromatic carbocycles. The Kier molecular flexibility index (Phi) is 8.33. The lowest BCUT2D eigenvalue weighted by Crippen LogP contribution is -2.42. The molecule has 10 nitrogen and oxygen atoms in total. The summed E-state index contributed by atoms with van der Waals surface area (Å²) in [4.78, 5) is 22.8. The summed E-state index contributed by atoms with van der Waals surface area (Å²) in [6.45, 7) is 2.48. The van der Waals surface area contributed by atoms with Crippen LogP contribution in [0.4, 0.5) is 22.9 Å². The molecule has 0 saturated carbocycles. The van der Waals surface area contributed by atoms with Gasteiger partial charge < -0.3 is 24.4 Å². The van der Waals surface area contributed by atoms with Gasteiger partial charge in [-0.1, -0.05) is 66.7 Å². The number of nitrogens with one attached hydrogen (secondary N) is 1. The number of para-hydroxylation sites is 3. The molecule has 0 radical (unpaired) electrons. The van der Waals surface area contributed by atoms with Crippen LogP contribution in [0.25, 0.3) is 5.69 Å². The van der Waals surface area contributed by atoms with Gasteiger partial charge in [-0.15, -0.1) is 0 Å². The van der Waals surface area contributed by atoms with Crippen LogP contribution in [0.5, 0.6) is 17.2 Å². The largest absolute Gasteiger partial charge is 0.497 e. The molecule has 1 amide bonds. The molecule has 0 saturated heterocycles. The lowest BCUT2D eigenvalue weighted by Gasteiger charge is -2.35. The van der Waals surface area contributed by atoms with Gasteiger partial charge >= 0.3 is 0 Å². The molecule has 2 aliphatic rings. The lowest BCUT2D eigenvalue weighted by molar-refractivity contribution is -0.118. The highest BCUT2D eigenvalue weighted by Crippen LogP contribution is 2.51. The number of aliphatic imine (C=N–C) groups is 1. The van der Waals surface area contributed by atoms with Crippen molar-refractivity contribution in [2.24, 2.45) is 4.99 Å². The van der Waals surface area contributed by atoms with Crippen LogP contribution in [-0.2, 0) is 11.3 Å². The van der Waals surface area contributed by atoms with Crippen molar-refractivity contribution in [3.63, 3.8) is 0 Å². The standard InChI is InChI=1S/C41H36N6O4/c1-27-38-39(29-18-23-35(36(24-29)50-3)51-26-37(48)42-30-19-21-32(49-2)22-20-30)46-34-17-11-10-16-33(34)45(25-28-12-6-4-7-13-28)41(46)43-40(38)47(44-27)31-14-8-5-9-15-31/h4-24,39H,25-26H2,1-3H3,(H,42,48)/t39-/m1/s1. The van der Waals surface area contributed by atoms with Crippen molar-refractivity contribution in [1.82, 2.24) is 9.78 Å². The van der Waals surface area contributed by atoms with Gasteiger partial charge in [-0.25, -0.2) is 4.68 Å². The third-order valence-corrected chi connectivity index (χ3v) is 9.13. The van der Waals surface area contributed by atoms with Crippen molar-refractivity contribution in [2.75, 3.05) is 35.9 Å². The van der Waals surface area contributed by atoms with Crippen LogP contribution in [0.3, 0.4) is 0 Å². The number of benzene rings is 5. The molecule has 1 atom stereocenters. The van der Waals surface area contributed by atoms with Gasteiger partial charge in [-0.05, 0) is 78.7 Å². The summed E-state index contributed by atoms with van der Waals surface area (Å²) in [7, 11) is 3.21. The summed E-state index contributed by atoms with van der Waals surface area (Å²) < 4.78 is 19.0. The smallest absolute Gasteiger partial charge is 0.262 e. The molecule has 51 heavy (non-hydrogen) atoms. The van der Waals surface area contributed by atoms with Crippen LogP contribution in [0.15, 0.2) is 132 Å². The molecule has 0 fully saturated rings. The number of amides is 1. The maximum Gasteiger partial charge on any atom is 0.262 e. The minimum atomic E-state index is -0.298. The number of aromatic nitrogens is 2. The van der Waals surface area contributed by atoms with E-state index >= 15 is 0 Å². The van der Waals surface area contributed by atoms with Crippen molar-refractivity contribution in [1.29, 1.82) is 0 Å². The summed E-state index contributed by atoms with van der Waals surface area (Å²) in [5.41, 5.74) is 7.69. The summed E-state index contributed by atoms with van der Waals surface area (Å²) in [6, 6.07) is 41.6. The van der Waals surface area contributed by atoms with E-state index in [9.17, 15) is 4.79 Å². The molecule has 0 aliphatic carbocycles. The third kappa shape index (κ3) is 5.90. The molecule has 1 aromatic heterocycles. The summed E-state index contributed by atoms with van der Waals surface area (Å²) in [5, 5.41) is 7.90. The molecule has 3 heterocycles. The number of fused-ring (bicyclic) bond motifs is 4. The van der Waals surface area contributed by atoms with Crippen molar-refractivity contribution >= 4 is 34.7 Å². The number of ether oxygens (including phenoxy) is 3. The number of carbonyl (C=O) groups is 1. The van der Waals surface area contributed by atoms with E-state index in [0.717, 1.165) is 45.7 Å². The second kappa shape index (κ2) is 13.4. The maximum absolute atomic E-state index is 12.8. The van der Waals surface area contributed by atoms with Crippen molar-refractivity contribution in [3.05, 3.63) is 150 Å². The molecule has 0 spiro atoms. The predicted octanol–water partition coefficient (Wildman–Crippen LogP) is 7.83. The van der Waals surface area contributed by atoms with E-state index < -0.39 is 0 Å². The lowest BCUT2D eigenvalue weighted by atomic mass is 9.95. The highest BCUT2D eigenvalue weighted by molar-refractivity contribution is 6.18. The summed E-state index contributed by atoms with van der Waals surface area (Å²) >= 11 is 0. The first kappa shape index (κ1) is 31.7. The molecule has 254 valence electrons. The summed E-state index contributed by atoms with van der Waals surface area (Å²) in [5.74, 6) is 2.97. The number of anilines is 3. The van der Waals surface area contributed by atoms with Gasteiger partial charge in [0.15, 0.2) is 23.9 Å². The van der Waals surface area contributed by atoms with Crippen LogP contribution in [0.2, 0.25) is 0 Å². The van der Waals surface area contributed by atoms with Crippen LogP contribution >= 0.6 is 0 Å². The Morgan fingerprint density at radius 1 is 0.784 bits per heavy atom. The molecule has 8 rings (SSSR count). The Labute approximate surface area is 296 Å². The number of methoxy groups -OCH3 is 2. The van der Waals surface area contributed by atoms with E-state index in [0.29, 0.717) is 29.5 Å². The second-order valence-corrected chi connectivity index (χ2v) is 12.3. The van der Waals surface area contributed by atoms with Crippen LogP contribution in [-0.4, -0.2) is 42.5 Å². The van der Waals surface area contributed by atoms with E-state index in [1.807, 2.05) is 66.2 Å². The van der Waals surface area contributed by atoms with E-state index in [4.69, 9.17) is 24.3 Å². The SMILES string of the molecule is COc1ccc(NC(=O)COc2ccc([C@@H]3c4c(C)nn(-c5ccccc5)c4N=C4N(Cc5ccccc5)c5ccccc5N43)cc2OC)cc1. The van der Waals surface area contributed by atoms with E-state index in [-0.39, 0.29) is 18.6 Å². The van der Waals surface area contributed by atoms with Gasteiger partial charge in [0, 0.05) is 11.3 Å². The number of guanidine groups is 1. The van der Waals surface area contributed by atoms with Crippen LogP contribution in [0, 0.1) is 6.92 Å². The fourth-order valence-corrected chi connectivity index (χ4v) is 6.76. The van der Waals surface area contributed by atoms with Gasteiger partial charge in [0.25, 0.3) is 5.91 Å². The molecule has 6 aromatic rings. The Balaban J connectivity index is 1.18. The Morgan fingerprint density at radius 3 is 2.22 bits per heavy atom. The van der Waals surface area contributed by atoms with E-state index in [2.05, 4.69) is 63.6 Å². The Bertz CT molecular complexity index is 2230. The number of hydrogen-bond donors (Lipinski definition) is 1. The first-order valence-corrected chi connectivity index (χ1v) is 16.7. The van der Waals surface area contributed by atoms with Crippen molar-refractivity contribution < 1.29 is 19.0 Å². The average molecular weight is 677 g/mol. The highest BCUT2D eigenvalue weighted by atomic mass is 16.5. The third-order valence-electron chi connectivity index (χ3n) is 9.13. The summed E-state index contributed by atoms with van der Waals surface area (Å²) in [6.07, 6.45) is 0. The van der Waals surface area contributed by atoms with Gasteiger partial charge in [-0.3, -0.25) is 9.69 Å². The molecular weight excluding hydrogens is 640 g/mol. The Hall–Kier alpha value is -6.55. The van der Waals surface area contributed by atoms with Gasteiger partial charge in [0.1, 0.15) is 5.75 Å². The molecule has 2 aliphatic heterocycles.